The van der Waals surface area contributed by atoms with Crippen molar-refractivity contribution in [3.8, 4) is 0 Å². The molecule has 2 aromatic carbocycles. The van der Waals surface area contributed by atoms with Gasteiger partial charge >= 0.3 is 0 Å². The number of halogens is 2. The summed E-state index contributed by atoms with van der Waals surface area (Å²) in [5.41, 5.74) is 1.79. The highest BCUT2D eigenvalue weighted by molar-refractivity contribution is 7.93. The average molecular weight is 325 g/mol. The smallest absolute Gasteiger partial charge is 0.175 e. The Kier molecular flexibility index (Phi) is 4.80. The molecule has 0 saturated carbocycles. The molecule has 2 aromatic rings. The highest BCUT2D eigenvalue weighted by Crippen LogP contribution is 2.15. The lowest BCUT2D eigenvalue weighted by molar-refractivity contribution is 0.604. The van der Waals surface area contributed by atoms with Crippen LogP contribution in [0.5, 0.6) is 0 Å². The highest BCUT2D eigenvalue weighted by Gasteiger charge is 2.08. The predicted octanol–water partition coefficient (Wildman–Crippen LogP) is 4.37. The van der Waals surface area contributed by atoms with Crippen LogP contribution in [0.4, 0.5) is 4.39 Å². The van der Waals surface area contributed by atoms with E-state index in [0.717, 1.165) is 5.41 Å². The molecule has 110 valence electrons. The third-order valence-corrected chi connectivity index (χ3v) is 4.47. The van der Waals surface area contributed by atoms with E-state index in [1.807, 2.05) is 0 Å². The van der Waals surface area contributed by atoms with E-state index in [-0.39, 0.29) is 11.6 Å². The minimum Gasteiger partial charge on any atom is -0.224 e. The number of benzene rings is 2. The average Bonchev–Trinajstić information content (AvgIpc) is 2.43. The van der Waals surface area contributed by atoms with E-state index in [0.29, 0.717) is 21.7 Å². The Hall–Kier alpha value is -1.65. The maximum Gasteiger partial charge on any atom is 0.175 e. The zero-order valence-electron chi connectivity index (χ0n) is 11.4. The second kappa shape index (κ2) is 6.41. The van der Waals surface area contributed by atoms with Gasteiger partial charge in [0.1, 0.15) is 5.82 Å². The Morgan fingerprint density at radius 2 is 1.81 bits per heavy atom. The summed E-state index contributed by atoms with van der Waals surface area (Å²) in [5, 5.41) is 1.71. The molecule has 5 heteroatoms. The molecule has 0 spiro atoms. The first kappa shape index (κ1) is 15.7. The molecule has 0 atom stereocenters. The molecule has 2 rings (SSSR count). The van der Waals surface area contributed by atoms with Gasteiger partial charge in [0.05, 0.1) is 5.75 Å². The molecule has 0 aliphatic carbocycles. The van der Waals surface area contributed by atoms with Crippen molar-refractivity contribution in [2.24, 2.45) is 0 Å². The van der Waals surface area contributed by atoms with E-state index in [2.05, 4.69) is 0 Å². The normalized spacial score (nSPS) is 12.0. The van der Waals surface area contributed by atoms with Crippen LogP contribution in [0.25, 0.3) is 6.08 Å². The Morgan fingerprint density at radius 3 is 2.43 bits per heavy atom. The SMILES string of the molecule is Cc1cc(/C=C/S(=O)(=O)Cc2ccc(Cl)cc2)ccc1F. The molecule has 2 nitrogen and oxygen atoms in total. The monoisotopic (exact) mass is 324 g/mol. The van der Waals surface area contributed by atoms with Gasteiger partial charge < -0.3 is 0 Å². The van der Waals surface area contributed by atoms with Gasteiger partial charge in [-0.3, -0.25) is 0 Å². The van der Waals surface area contributed by atoms with Gasteiger partial charge in [-0.05, 0) is 54.0 Å². The number of sulfone groups is 1. The van der Waals surface area contributed by atoms with Crippen LogP contribution in [-0.4, -0.2) is 8.42 Å². The Morgan fingerprint density at radius 1 is 1.14 bits per heavy atom. The van der Waals surface area contributed by atoms with Gasteiger partial charge in [0.15, 0.2) is 9.84 Å². The first-order chi connectivity index (χ1) is 9.85. The second-order valence-electron chi connectivity index (χ2n) is 4.75. The summed E-state index contributed by atoms with van der Waals surface area (Å²) >= 11 is 5.76. The molecule has 0 aliphatic rings. The van der Waals surface area contributed by atoms with E-state index in [1.165, 1.54) is 18.2 Å². The number of rotatable bonds is 4. The van der Waals surface area contributed by atoms with Crippen molar-refractivity contribution in [2.45, 2.75) is 12.7 Å². The molecule has 0 N–H and O–H groups in total. The van der Waals surface area contributed by atoms with Crippen LogP contribution in [0, 0.1) is 12.7 Å². The van der Waals surface area contributed by atoms with E-state index in [9.17, 15) is 12.8 Å². The largest absolute Gasteiger partial charge is 0.224 e. The summed E-state index contributed by atoms with van der Waals surface area (Å²) in [6.45, 7) is 1.63. The molecule has 0 aliphatic heterocycles. The van der Waals surface area contributed by atoms with Crippen LogP contribution in [0.15, 0.2) is 47.9 Å². The molecular weight excluding hydrogens is 311 g/mol. The van der Waals surface area contributed by atoms with E-state index < -0.39 is 9.84 Å². The lowest BCUT2D eigenvalue weighted by Crippen LogP contribution is -1.99. The maximum atomic E-state index is 13.1. The van der Waals surface area contributed by atoms with Gasteiger partial charge in [-0.25, -0.2) is 12.8 Å². The maximum absolute atomic E-state index is 13.1. The van der Waals surface area contributed by atoms with Crippen LogP contribution in [0.2, 0.25) is 5.02 Å². The molecule has 0 amide bonds. The van der Waals surface area contributed by atoms with Crippen molar-refractivity contribution in [2.75, 3.05) is 0 Å². The van der Waals surface area contributed by atoms with Gasteiger partial charge in [-0.15, -0.1) is 0 Å². The minimum atomic E-state index is -3.39. The summed E-state index contributed by atoms with van der Waals surface area (Å²) in [6, 6.07) is 11.1. The molecule has 0 heterocycles. The summed E-state index contributed by atoms with van der Waals surface area (Å²) in [4.78, 5) is 0. The number of aryl methyl sites for hydroxylation is 1. The van der Waals surface area contributed by atoms with Crippen LogP contribution in [-0.2, 0) is 15.6 Å². The third-order valence-electron chi connectivity index (χ3n) is 2.93. The summed E-state index contributed by atoms with van der Waals surface area (Å²) in [7, 11) is -3.39. The van der Waals surface area contributed by atoms with Gasteiger partial charge in [0, 0.05) is 10.4 Å². The fourth-order valence-corrected chi connectivity index (χ4v) is 3.06. The Balaban J connectivity index is 2.14. The molecule has 0 fully saturated rings. The van der Waals surface area contributed by atoms with Crippen LogP contribution < -0.4 is 0 Å². The zero-order chi connectivity index (χ0) is 15.5. The van der Waals surface area contributed by atoms with Gasteiger partial charge in [0.2, 0.25) is 0 Å². The molecule has 0 unspecified atom stereocenters. The van der Waals surface area contributed by atoms with E-state index in [4.69, 9.17) is 11.6 Å². The fourth-order valence-electron chi connectivity index (χ4n) is 1.81. The first-order valence-corrected chi connectivity index (χ1v) is 8.36. The second-order valence-corrected chi connectivity index (χ2v) is 7.07. The van der Waals surface area contributed by atoms with Crippen molar-refractivity contribution in [1.29, 1.82) is 0 Å². The molecule has 21 heavy (non-hydrogen) atoms. The molecule has 0 radical (unpaired) electrons. The summed E-state index contributed by atoms with van der Waals surface area (Å²) in [6.07, 6.45) is 1.47. The Bertz CT molecular complexity index is 765. The quantitative estimate of drug-likeness (QED) is 0.836. The number of hydrogen-bond acceptors (Lipinski definition) is 2. The van der Waals surface area contributed by atoms with E-state index >= 15 is 0 Å². The molecular formula is C16H14ClFO2S. The third kappa shape index (κ3) is 4.69. The summed E-state index contributed by atoms with van der Waals surface area (Å²) < 4.78 is 37.2. The lowest BCUT2D eigenvalue weighted by Gasteiger charge is -2.01. The first-order valence-electron chi connectivity index (χ1n) is 6.27. The lowest BCUT2D eigenvalue weighted by atomic mass is 10.1. The van der Waals surface area contributed by atoms with Gasteiger partial charge in [0.25, 0.3) is 0 Å². The highest BCUT2D eigenvalue weighted by atomic mass is 35.5. The van der Waals surface area contributed by atoms with Crippen molar-refractivity contribution >= 4 is 27.5 Å². The van der Waals surface area contributed by atoms with Crippen molar-refractivity contribution in [3.63, 3.8) is 0 Å². The Labute approximate surface area is 128 Å². The van der Waals surface area contributed by atoms with Crippen LogP contribution >= 0.6 is 11.6 Å². The topological polar surface area (TPSA) is 34.1 Å². The van der Waals surface area contributed by atoms with E-state index in [1.54, 1.807) is 37.3 Å². The van der Waals surface area contributed by atoms with Gasteiger partial charge in [-0.2, -0.15) is 0 Å². The predicted molar refractivity (Wildman–Crippen MR) is 84.2 cm³/mol. The van der Waals surface area contributed by atoms with Crippen molar-refractivity contribution in [1.82, 2.24) is 0 Å². The van der Waals surface area contributed by atoms with Gasteiger partial charge in [-0.1, -0.05) is 29.8 Å². The summed E-state index contributed by atoms with van der Waals surface area (Å²) in [5.74, 6) is -0.405. The fraction of sp³-hybridized carbons (Fsp3) is 0.125. The zero-order valence-corrected chi connectivity index (χ0v) is 13.0. The molecule has 0 aromatic heterocycles. The molecule has 0 bridgehead atoms. The van der Waals surface area contributed by atoms with Crippen LogP contribution in [0.3, 0.4) is 0 Å². The van der Waals surface area contributed by atoms with Crippen molar-refractivity contribution in [3.05, 3.63) is 75.4 Å². The van der Waals surface area contributed by atoms with Crippen molar-refractivity contribution < 1.29 is 12.8 Å². The standard InChI is InChI=1S/C16H14ClFO2S/c1-12-10-13(4-7-16(12)18)8-9-21(19,20)11-14-2-5-15(17)6-3-14/h2-10H,11H2,1H3/b9-8+. The molecule has 0 saturated heterocycles. The van der Waals surface area contributed by atoms with Crippen LogP contribution in [0.1, 0.15) is 16.7 Å². The number of hydrogen-bond donors (Lipinski definition) is 0. The minimum absolute atomic E-state index is 0.0964.